The Balaban J connectivity index is 2.70. The zero-order valence-corrected chi connectivity index (χ0v) is 12.4. The number of nitrogens with two attached hydrogens (primary N) is 1. The number of primary amides is 1. The van der Waals surface area contributed by atoms with Crippen LogP contribution in [0.2, 0.25) is 5.02 Å². The van der Waals surface area contributed by atoms with Gasteiger partial charge in [0.25, 0.3) is 0 Å². The third-order valence-electron chi connectivity index (χ3n) is 2.19. The smallest absolute Gasteiger partial charge is 0.326 e. The van der Waals surface area contributed by atoms with Crippen molar-refractivity contribution in [3.63, 3.8) is 0 Å². The molecule has 0 spiro atoms. The molecule has 1 atom stereocenters. The van der Waals surface area contributed by atoms with Gasteiger partial charge in [-0.1, -0.05) is 27.5 Å². The van der Waals surface area contributed by atoms with Gasteiger partial charge >= 0.3 is 12.0 Å². The molecule has 0 bridgehead atoms. The summed E-state index contributed by atoms with van der Waals surface area (Å²) in [5.74, 6) is -2.19. The number of halogens is 2. The van der Waals surface area contributed by atoms with Crippen molar-refractivity contribution in [1.82, 2.24) is 5.32 Å². The summed E-state index contributed by atoms with van der Waals surface area (Å²) in [5.41, 5.74) is 5.20. The summed E-state index contributed by atoms with van der Waals surface area (Å²) in [6.45, 7) is 0. The van der Waals surface area contributed by atoms with Crippen LogP contribution in [0.25, 0.3) is 0 Å². The minimum atomic E-state index is -1.40. The normalized spacial score (nSPS) is 11.5. The van der Waals surface area contributed by atoms with E-state index >= 15 is 0 Å². The van der Waals surface area contributed by atoms with Crippen LogP contribution in [0.15, 0.2) is 22.7 Å². The maximum Gasteiger partial charge on any atom is 0.326 e. The lowest BCUT2D eigenvalue weighted by Crippen LogP contribution is -2.45. The number of anilines is 1. The second-order valence-electron chi connectivity index (χ2n) is 3.78. The number of hydrogen-bond acceptors (Lipinski definition) is 3. The number of carboxylic acid groups (broad SMARTS) is 1. The Morgan fingerprint density at radius 1 is 1.40 bits per heavy atom. The van der Waals surface area contributed by atoms with Crippen LogP contribution >= 0.6 is 27.5 Å². The van der Waals surface area contributed by atoms with Crippen LogP contribution in [0.5, 0.6) is 0 Å². The molecule has 0 saturated heterocycles. The maximum absolute atomic E-state index is 11.6. The number of benzene rings is 1. The number of amides is 3. The highest BCUT2D eigenvalue weighted by Gasteiger charge is 2.22. The zero-order chi connectivity index (χ0) is 15.3. The van der Waals surface area contributed by atoms with Crippen LogP contribution < -0.4 is 16.4 Å². The Hall–Kier alpha value is -1.80. The molecular formula is C11H11BrClN3O4. The van der Waals surface area contributed by atoms with Crippen LogP contribution in [0.3, 0.4) is 0 Å². The lowest BCUT2D eigenvalue weighted by molar-refractivity contribution is -0.140. The van der Waals surface area contributed by atoms with Gasteiger partial charge in [0.1, 0.15) is 6.04 Å². The number of carbonyl (C=O) groups excluding carboxylic acids is 2. The van der Waals surface area contributed by atoms with E-state index in [9.17, 15) is 14.4 Å². The minimum Gasteiger partial charge on any atom is -0.480 e. The predicted molar refractivity (Wildman–Crippen MR) is 76.5 cm³/mol. The first-order valence-electron chi connectivity index (χ1n) is 5.33. The highest BCUT2D eigenvalue weighted by Crippen LogP contribution is 2.25. The number of carbonyl (C=O) groups is 3. The molecule has 0 saturated carbocycles. The minimum absolute atomic E-state index is 0.274. The molecule has 0 heterocycles. The van der Waals surface area contributed by atoms with Crippen LogP contribution in [-0.4, -0.2) is 29.1 Å². The lowest BCUT2D eigenvalue weighted by atomic mass is 10.2. The fourth-order valence-corrected chi connectivity index (χ4v) is 2.03. The summed E-state index contributed by atoms with van der Waals surface area (Å²) in [6, 6.07) is 2.55. The SMILES string of the molecule is NC(=O)CC(NC(=O)Nc1ccc(Br)cc1Cl)C(=O)O. The first-order chi connectivity index (χ1) is 9.29. The number of urea groups is 1. The molecule has 9 heteroatoms. The van der Waals surface area contributed by atoms with Gasteiger partial charge in [0, 0.05) is 4.47 Å². The summed E-state index contributed by atoms with van der Waals surface area (Å²) in [6.07, 6.45) is -0.503. The van der Waals surface area contributed by atoms with Gasteiger partial charge in [-0.3, -0.25) is 4.79 Å². The van der Waals surface area contributed by atoms with Crippen molar-refractivity contribution >= 4 is 51.1 Å². The molecule has 1 unspecified atom stereocenters. The van der Waals surface area contributed by atoms with Crippen molar-refractivity contribution in [1.29, 1.82) is 0 Å². The molecule has 1 aromatic rings. The lowest BCUT2D eigenvalue weighted by Gasteiger charge is -2.14. The zero-order valence-electron chi connectivity index (χ0n) is 10.0. The molecule has 7 nitrogen and oxygen atoms in total. The molecular weight excluding hydrogens is 353 g/mol. The largest absolute Gasteiger partial charge is 0.480 e. The van der Waals surface area contributed by atoms with Crippen molar-refractivity contribution < 1.29 is 19.5 Å². The second-order valence-corrected chi connectivity index (χ2v) is 5.11. The van der Waals surface area contributed by atoms with E-state index in [1.807, 2.05) is 0 Å². The third-order valence-corrected chi connectivity index (χ3v) is 2.99. The summed E-state index contributed by atoms with van der Waals surface area (Å²) < 4.78 is 0.727. The standard InChI is InChI=1S/C11H11BrClN3O4/c12-5-1-2-7(6(13)3-5)15-11(20)16-8(10(18)19)4-9(14)17/h1-3,8H,4H2,(H2,14,17)(H,18,19)(H2,15,16,20). The van der Waals surface area contributed by atoms with Crippen LogP contribution in [-0.2, 0) is 9.59 Å². The van der Waals surface area contributed by atoms with E-state index in [-0.39, 0.29) is 5.02 Å². The first-order valence-corrected chi connectivity index (χ1v) is 6.50. The molecule has 5 N–H and O–H groups in total. The Bertz CT molecular complexity index is 552. The molecule has 0 aliphatic rings. The van der Waals surface area contributed by atoms with Crippen molar-refractivity contribution in [3.8, 4) is 0 Å². The van der Waals surface area contributed by atoms with E-state index in [1.165, 1.54) is 6.07 Å². The maximum atomic E-state index is 11.6. The highest BCUT2D eigenvalue weighted by molar-refractivity contribution is 9.10. The van der Waals surface area contributed by atoms with Gasteiger partial charge in [0.05, 0.1) is 17.1 Å². The molecule has 1 aromatic carbocycles. The van der Waals surface area contributed by atoms with Crippen molar-refractivity contribution in [2.75, 3.05) is 5.32 Å². The third kappa shape index (κ3) is 5.06. The van der Waals surface area contributed by atoms with Gasteiger partial charge in [-0.2, -0.15) is 0 Å². The summed E-state index contributed by atoms with van der Waals surface area (Å²) in [5, 5.41) is 13.6. The number of rotatable bonds is 5. The number of carboxylic acids is 1. The molecule has 20 heavy (non-hydrogen) atoms. The van der Waals surface area contributed by atoms with Crippen LogP contribution in [0.4, 0.5) is 10.5 Å². The highest BCUT2D eigenvalue weighted by atomic mass is 79.9. The van der Waals surface area contributed by atoms with Gasteiger partial charge < -0.3 is 21.5 Å². The monoisotopic (exact) mass is 363 g/mol. The average Bonchev–Trinajstić information content (AvgIpc) is 2.31. The molecule has 0 aliphatic carbocycles. The summed E-state index contributed by atoms with van der Waals surface area (Å²) in [4.78, 5) is 33.2. The van der Waals surface area contributed by atoms with Gasteiger partial charge in [0.15, 0.2) is 0 Å². The van der Waals surface area contributed by atoms with E-state index in [4.69, 9.17) is 22.4 Å². The van der Waals surface area contributed by atoms with Gasteiger partial charge in [-0.25, -0.2) is 9.59 Å². The van der Waals surface area contributed by atoms with Gasteiger partial charge in [-0.15, -0.1) is 0 Å². The summed E-state index contributed by atoms with van der Waals surface area (Å²) >= 11 is 9.10. The molecule has 0 fully saturated rings. The Morgan fingerprint density at radius 2 is 2.05 bits per heavy atom. The molecule has 0 aliphatic heterocycles. The number of aliphatic carboxylic acids is 1. The Kier molecular flexibility index (Phi) is 5.78. The van der Waals surface area contributed by atoms with Crippen molar-refractivity contribution in [3.05, 3.63) is 27.7 Å². The first kappa shape index (κ1) is 16.3. The van der Waals surface area contributed by atoms with E-state index in [0.29, 0.717) is 5.69 Å². The molecule has 0 aromatic heterocycles. The van der Waals surface area contributed by atoms with Crippen LogP contribution in [0, 0.1) is 0 Å². The van der Waals surface area contributed by atoms with Crippen LogP contribution in [0.1, 0.15) is 6.42 Å². The Morgan fingerprint density at radius 3 is 2.55 bits per heavy atom. The topological polar surface area (TPSA) is 122 Å². The molecule has 3 amide bonds. The van der Waals surface area contributed by atoms with Gasteiger partial charge in [-0.05, 0) is 18.2 Å². The molecule has 1 rings (SSSR count). The Labute approximate surface area is 127 Å². The van der Waals surface area contributed by atoms with Crippen molar-refractivity contribution in [2.24, 2.45) is 5.73 Å². The fourth-order valence-electron chi connectivity index (χ4n) is 1.31. The van der Waals surface area contributed by atoms with Gasteiger partial charge in [0.2, 0.25) is 5.91 Å². The second kappa shape index (κ2) is 7.11. The number of hydrogen-bond donors (Lipinski definition) is 4. The van der Waals surface area contributed by atoms with E-state index < -0.39 is 30.4 Å². The van der Waals surface area contributed by atoms with Crippen molar-refractivity contribution in [2.45, 2.75) is 12.5 Å². The summed E-state index contributed by atoms with van der Waals surface area (Å²) in [7, 11) is 0. The quantitative estimate of drug-likeness (QED) is 0.633. The molecule has 108 valence electrons. The predicted octanol–water partition coefficient (Wildman–Crippen LogP) is 1.55. The number of nitrogens with one attached hydrogen (secondary N) is 2. The molecule has 0 radical (unpaired) electrons. The fraction of sp³-hybridized carbons (Fsp3) is 0.182. The van der Waals surface area contributed by atoms with E-state index in [1.54, 1.807) is 12.1 Å². The average molecular weight is 365 g/mol. The van der Waals surface area contributed by atoms with E-state index in [0.717, 1.165) is 4.47 Å². The van der Waals surface area contributed by atoms with E-state index in [2.05, 4.69) is 26.6 Å².